The van der Waals surface area contributed by atoms with E-state index in [9.17, 15) is 0 Å². The molecule has 0 saturated heterocycles. The van der Waals surface area contributed by atoms with Crippen LogP contribution in [0.5, 0.6) is 0 Å². The van der Waals surface area contributed by atoms with Crippen LogP contribution in [-0.4, -0.2) is 10.3 Å². The van der Waals surface area contributed by atoms with Crippen molar-refractivity contribution in [3.05, 3.63) is 0 Å². The quantitative estimate of drug-likeness (QED) is 0.330. The van der Waals surface area contributed by atoms with Gasteiger partial charge in [-0.25, -0.2) is 0 Å². The zero-order chi connectivity index (χ0) is 9.62. The average molecular weight is 504 g/mol. The first-order valence-corrected chi connectivity index (χ1v) is 7.42. The lowest BCUT2D eigenvalue weighted by Crippen LogP contribution is -2.44. The Hall–Kier alpha value is 2.19. The van der Waals surface area contributed by atoms with Gasteiger partial charge in [-0.3, -0.25) is 0 Å². The molecule has 0 aromatic carbocycles. The third-order valence-electron chi connectivity index (χ3n) is 2.21. The van der Waals surface area contributed by atoms with E-state index in [-0.39, 0.29) is 0 Å². The minimum Gasteiger partial charge on any atom is -0.0791 e. The predicted molar refractivity (Wildman–Crippen MR) is 81.1 cm³/mol. The number of hydrogen-bond donors (Lipinski definition) is 0. The van der Waals surface area contributed by atoms with E-state index >= 15 is 0 Å². The molecule has 0 radical (unpaired) electrons. The highest BCUT2D eigenvalue weighted by molar-refractivity contribution is 14.1. The maximum atomic E-state index is 2.63. The van der Waals surface area contributed by atoms with Crippen molar-refractivity contribution in [1.82, 2.24) is 0 Å². The van der Waals surface area contributed by atoms with E-state index in [0.29, 0.717) is 10.3 Å². The Bertz CT molecular complexity index is 137. The Balaban J connectivity index is 2.81. The molecule has 3 heteroatoms. The number of rotatable bonds is 0. The number of alkyl halides is 3. The van der Waals surface area contributed by atoms with E-state index in [0.717, 1.165) is 0 Å². The van der Waals surface area contributed by atoms with Crippen LogP contribution in [0, 0.1) is 0 Å². The van der Waals surface area contributed by atoms with Crippen LogP contribution < -0.4 is 0 Å². The minimum absolute atomic E-state index is 0.502. The second-order valence-corrected chi connectivity index (χ2v) is 12.6. The molecule has 0 N–H and O–H groups in total. The molecule has 12 heavy (non-hydrogen) atoms. The molecule has 1 aliphatic rings. The van der Waals surface area contributed by atoms with Crippen molar-refractivity contribution in [2.45, 2.75) is 50.3 Å². The van der Waals surface area contributed by atoms with Crippen LogP contribution in [0.15, 0.2) is 0 Å². The Morgan fingerprint density at radius 2 is 0.833 bits per heavy atom. The third-order valence-corrected chi connectivity index (χ3v) is 4.50. The minimum atomic E-state index is 0.502. The molecule has 72 valence electrons. The van der Waals surface area contributed by atoms with Gasteiger partial charge in [0, 0.05) is 10.3 Å². The second kappa shape index (κ2) is 3.64. The van der Waals surface area contributed by atoms with Crippen LogP contribution in [0.25, 0.3) is 0 Å². The molecule has 0 aromatic heterocycles. The van der Waals surface area contributed by atoms with Crippen LogP contribution in [0.1, 0.15) is 40.0 Å². The van der Waals surface area contributed by atoms with E-state index in [1.807, 2.05) is 0 Å². The van der Waals surface area contributed by atoms with Gasteiger partial charge in [-0.2, -0.15) is 0 Å². The summed E-state index contributed by atoms with van der Waals surface area (Å²) in [6.07, 6.45) is 4.04. The van der Waals surface area contributed by atoms with E-state index in [4.69, 9.17) is 0 Å². The molecule has 0 heterocycles. The summed E-state index contributed by atoms with van der Waals surface area (Å²) in [6.45, 7) is 7.17. The van der Waals surface area contributed by atoms with Crippen LogP contribution in [0.4, 0.5) is 0 Å². The van der Waals surface area contributed by atoms with Crippen LogP contribution >= 0.6 is 67.8 Å². The van der Waals surface area contributed by atoms with Gasteiger partial charge in [-0.05, 0) is 19.3 Å². The molecule has 1 saturated carbocycles. The highest BCUT2D eigenvalue weighted by Crippen LogP contribution is 2.52. The van der Waals surface area contributed by atoms with Crippen LogP contribution in [0.3, 0.4) is 0 Å². The summed E-state index contributed by atoms with van der Waals surface area (Å²) in [4.78, 5) is 0. The molecule has 1 aliphatic carbocycles. The van der Waals surface area contributed by atoms with Crippen molar-refractivity contribution in [1.29, 1.82) is 0 Å². The molecule has 0 aromatic rings. The van der Waals surface area contributed by atoms with Crippen LogP contribution in [-0.2, 0) is 0 Å². The van der Waals surface area contributed by atoms with E-state index in [2.05, 4.69) is 88.5 Å². The summed E-state index contributed by atoms with van der Waals surface area (Å²) in [5, 5.41) is 0. The molecular formula is C9H15I3. The highest BCUT2D eigenvalue weighted by Gasteiger charge is 2.45. The molecule has 0 amide bonds. The summed E-state index contributed by atoms with van der Waals surface area (Å²) >= 11 is 7.90. The Kier molecular flexibility index (Phi) is 3.72. The summed E-state index contributed by atoms with van der Waals surface area (Å²) in [7, 11) is 0. The maximum absolute atomic E-state index is 2.63. The fourth-order valence-electron chi connectivity index (χ4n) is 2.49. The van der Waals surface area contributed by atoms with Crippen LogP contribution in [0.2, 0.25) is 0 Å². The van der Waals surface area contributed by atoms with Gasteiger partial charge in [0.15, 0.2) is 0 Å². The average Bonchev–Trinajstić information content (AvgIpc) is 1.44. The largest absolute Gasteiger partial charge is 0.0791 e. The van der Waals surface area contributed by atoms with Gasteiger partial charge in [-0.15, -0.1) is 0 Å². The molecule has 0 bridgehead atoms. The normalized spacial score (nSPS) is 55.5. The Morgan fingerprint density at radius 1 is 0.667 bits per heavy atom. The Labute approximate surface area is 116 Å². The monoisotopic (exact) mass is 504 g/mol. The standard InChI is InChI=1S/C9H15I3/c1-7(10)4-8(2,11)6-9(3,12)5-7/h4-6H2,1-3H3. The molecular weight excluding hydrogens is 489 g/mol. The SMILES string of the molecule is CC1(I)CC(C)(I)CC(C)(I)C1. The van der Waals surface area contributed by atoms with Gasteiger partial charge in [0.05, 0.1) is 0 Å². The fourth-order valence-corrected chi connectivity index (χ4v) is 9.73. The van der Waals surface area contributed by atoms with Gasteiger partial charge in [0.1, 0.15) is 0 Å². The first-order chi connectivity index (χ1) is 5.12. The lowest BCUT2D eigenvalue weighted by Gasteiger charge is -2.46. The summed E-state index contributed by atoms with van der Waals surface area (Å²) in [5.41, 5.74) is 0. The van der Waals surface area contributed by atoms with Crippen molar-refractivity contribution in [3.8, 4) is 0 Å². The molecule has 0 spiro atoms. The lowest BCUT2D eigenvalue weighted by molar-refractivity contribution is 0.345. The smallest absolute Gasteiger partial charge is 0.0219 e. The summed E-state index contributed by atoms with van der Waals surface area (Å²) in [5.74, 6) is 0. The number of halogens is 3. The lowest BCUT2D eigenvalue weighted by atomic mass is 9.77. The van der Waals surface area contributed by atoms with Gasteiger partial charge >= 0.3 is 0 Å². The topological polar surface area (TPSA) is 0 Å². The molecule has 0 nitrogen and oxygen atoms in total. The fraction of sp³-hybridized carbons (Fsp3) is 1.00. The molecule has 1 rings (SSSR count). The Morgan fingerprint density at radius 3 is 1.00 bits per heavy atom. The van der Waals surface area contributed by atoms with Gasteiger partial charge in [-0.1, -0.05) is 88.5 Å². The third kappa shape index (κ3) is 3.74. The zero-order valence-electron chi connectivity index (χ0n) is 7.76. The van der Waals surface area contributed by atoms with E-state index in [1.165, 1.54) is 19.3 Å². The number of hydrogen-bond acceptors (Lipinski definition) is 0. The second-order valence-electron chi connectivity index (χ2n) is 4.77. The van der Waals surface area contributed by atoms with Crippen molar-refractivity contribution in [3.63, 3.8) is 0 Å². The van der Waals surface area contributed by atoms with Crippen molar-refractivity contribution in [2.75, 3.05) is 0 Å². The molecule has 1 fully saturated rings. The van der Waals surface area contributed by atoms with Crippen molar-refractivity contribution in [2.24, 2.45) is 0 Å². The predicted octanol–water partition coefficient (Wildman–Crippen LogP) is 4.75. The first-order valence-electron chi connectivity index (χ1n) is 4.19. The summed E-state index contributed by atoms with van der Waals surface area (Å²) < 4.78 is 1.51. The van der Waals surface area contributed by atoms with E-state index < -0.39 is 0 Å². The molecule has 0 atom stereocenters. The zero-order valence-corrected chi connectivity index (χ0v) is 14.2. The van der Waals surface area contributed by atoms with Crippen molar-refractivity contribution >= 4 is 67.8 Å². The molecule has 0 aliphatic heterocycles. The first kappa shape index (κ1) is 12.3. The van der Waals surface area contributed by atoms with Gasteiger partial charge in [0.2, 0.25) is 0 Å². The van der Waals surface area contributed by atoms with Gasteiger partial charge in [0.25, 0.3) is 0 Å². The highest BCUT2D eigenvalue weighted by atomic mass is 127. The molecule has 0 unspecified atom stereocenters. The van der Waals surface area contributed by atoms with Crippen molar-refractivity contribution < 1.29 is 0 Å². The van der Waals surface area contributed by atoms with E-state index in [1.54, 1.807) is 0 Å². The maximum Gasteiger partial charge on any atom is 0.0219 e. The van der Waals surface area contributed by atoms with Gasteiger partial charge < -0.3 is 0 Å². The summed E-state index contributed by atoms with van der Waals surface area (Å²) in [6, 6.07) is 0.